The number of aromatic nitrogens is 1. The summed E-state index contributed by atoms with van der Waals surface area (Å²) in [4.78, 5) is 13.4. The molecule has 0 aliphatic rings. The minimum Gasteiger partial charge on any atom is -0.481 e. The molecular formula is C9H5BrF5NO2. The first-order chi connectivity index (χ1) is 8.12. The van der Waals surface area contributed by atoms with Gasteiger partial charge in [-0.15, -0.1) is 0 Å². The van der Waals surface area contributed by atoms with Gasteiger partial charge in [-0.1, -0.05) is 0 Å². The molecule has 1 heterocycles. The monoisotopic (exact) mass is 333 g/mol. The van der Waals surface area contributed by atoms with Gasteiger partial charge >= 0.3 is 12.1 Å². The number of hydrogen-bond acceptors (Lipinski definition) is 2. The Labute approximate surface area is 106 Å². The number of carboxylic acid groups (broad SMARTS) is 1. The first kappa shape index (κ1) is 14.8. The van der Waals surface area contributed by atoms with Gasteiger partial charge in [-0.3, -0.25) is 4.79 Å². The van der Waals surface area contributed by atoms with E-state index in [9.17, 15) is 26.7 Å². The molecule has 9 heteroatoms. The molecular weight excluding hydrogens is 329 g/mol. The number of aliphatic carboxylic acids is 1. The van der Waals surface area contributed by atoms with Gasteiger partial charge in [0.05, 0.1) is 16.6 Å². The quantitative estimate of drug-likeness (QED) is 0.862. The van der Waals surface area contributed by atoms with Crippen molar-refractivity contribution in [1.82, 2.24) is 4.98 Å². The van der Waals surface area contributed by atoms with Crippen molar-refractivity contribution in [2.45, 2.75) is 19.0 Å². The Morgan fingerprint density at radius 1 is 1.44 bits per heavy atom. The number of halogens is 6. The molecule has 3 nitrogen and oxygen atoms in total. The molecule has 18 heavy (non-hydrogen) atoms. The lowest BCUT2D eigenvalue weighted by molar-refractivity contribution is -0.142. The van der Waals surface area contributed by atoms with Crippen LogP contribution in [0.1, 0.15) is 23.4 Å². The van der Waals surface area contributed by atoms with E-state index >= 15 is 0 Å². The van der Waals surface area contributed by atoms with Crippen molar-refractivity contribution in [1.29, 1.82) is 0 Å². The van der Waals surface area contributed by atoms with E-state index in [4.69, 9.17) is 5.11 Å². The minimum atomic E-state index is -4.95. The lowest BCUT2D eigenvalue weighted by Gasteiger charge is -2.13. The van der Waals surface area contributed by atoms with Crippen LogP contribution in [0.25, 0.3) is 0 Å². The van der Waals surface area contributed by atoms with E-state index in [2.05, 4.69) is 20.9 Å². The molecule has 1 aromatic rings. The maximum Gasteiger partial charge on any atom is 0.434 e. The summed E-state index contributed by atoms with van der Waals surface area (Å²) in [7, 11) is 0. The summed E-state index contributed by atoms with van der Waals surface area (Å²) < 4.78 is 61.8. The van der Waals surface area contributed by atoms with Crippen LogP contribution in [0.2, 0.25) is 0 Å². The summed E-state index contributed by atoms with van der Waals surface area (Å²) in [6, 6.07) is 0.637. The van der Waals surface area contributed by atoms with Crippen molar-refractivity contribution >= 4 is 21.9 Å². The van der Waals surface area contributed by atoms with Gasteiger partial charge in [0.25, 0.3) is 6.43 Å². The van der Waals surface area contributed by atoms with Crippen LogP contribution < -0.4 is 0 Å². The fourth-order valence-corrected chi connectivity index (χ4v) is 1.80. The molecule has 0 unspecified atom stereocenters. The normalized spacial score (nSPS) is 11.9. The Balaban J connectivity index is 3.42. The summed E-state index contributed by atoms with van der Waals surface area (Å²) >= 11 is 2.41. The van der Waals surface area contributed by atoms with Crippen molar-refractivity contribution < 1.29 is 31.9 Å². The highest BCUT2D eigenvalue weighted by Crippen LogP contribution is 2.38. The molecule has 0 amide bonds. The van der Waals surface area contributed by atoms with Crippen LogP contribution in [0.15, 0.2) is 10.5 Å². The number of hydrogen-bond donors (Lipinski definition) is 1. The molecule has 100 valence electrons. The second kappa shape index (κ2) is 5.17. The molecule has 1 aromatic heterocycles. The Hall–Kier alpha value is -1.25. The minimum absolute atomic E-state index is 0.576. The van der Waals surface area contributed by atoms with Crippen molar-refractivity contribution in [2.75, 3.05) is 0 Å². The molecule has 0 saturated heterocycles. The molecule has 0 atom stereocenters. The fraction of sp³-hybridized carbons (Fsp3) is 0.333. The van der Waals surface area contributed by atoms with E-state index < -0.39 is 46.4 Å². The molecule has 0 aromatic carbocycles. The highest BCUT2D eigenvalue weighted by molar-refractivity contribution is 9.10. The molecule has 0 aliphatic carbocycles. The summed E-state index contributed by atoms with van der Waals surface area (Å²) in [6.07, 6.45) is -8.98. The van der Waals surface area contributed by atoms with E-state index in [1.165, 1.54) is 0 Å². The fourth-order valence-electron chi connectivity index (χ4n) is 1.20. The maximum absolute atomic E-state index is 12.5. The van der Waals surface area contributed by atoms with Crippen LogP contribution in [-0.2, 0) is 17.4 Å². The summed E-state index contributed by atoms with van der Waals surface area (Å²) in [5, 5.41) is 8.44. The molecule has 0 aliphatic heterocycles. The Bertz CT molecular complexity index is 475. The van der Waals surface area contributed by atoms with E-state index in [-0.39, 0.29) is 0 Å². The van der Waals surface area contributed by atoms with Crippen LogP contribution in [-0.4, -0.2) is 16.1 Å². The lowest BCUT2D eigenvalue weighted by atomic mass is 10.1. The third-order valence-corrected chi connectivity index (χ3v) is 2.71. The summed E-state index contributed by atoms with van der Waals surface area (Å²) in [5.41, 5.74) is -3.07. The average Bonchev–Trinajstić information content (AvgIpc) is 2.17. The zero-order valence-electron chi connectivity index (χ0n) is 8.43. The molecule has 1 N–H and O–H groups in total. The van der Waals surface area contributed by atoms with E-state index in [0.29, 0.717) is 6.07 Å². The topological polar surface area (TPSA) is 50.2 Å². The van der Waals surface area contributed by atoms with Gasteiger partial charge in [-0.25, -0.2) is 13.8 Å². The smallest absolute Gasteiger partial charge is 0.434 e. The number of rotatable bonds is 3. The van der Waals surface area contributed by atoms with Crippen LogP contribution in [0, 0.1) is 0 Å². The van der Waals surface area contributed by atoms with Crippen LogP contribution in [0.4, 0.5) is 22.0 Å². The zero-order valence-corrected chi connectivity index (χ0v) is 10.0. The predicted molar refractivity (Wildman–Crippen MR) is 53.2 cm³/mol. The third kappa shape index (κ3) is 3.37. The standard InChI is InChI=1S/C9H5BrF5NO2/c10-6-4(8(11)12)1-3(2-5(17)18)16-7(6)9(13,14)15/h1,8H,2H2,(H,17,18). The van der Waals surface area contributed by atoms with Gasteiger partial charge in [-0.2, -0.15) is 13.2 Å². The van der Waals surface area contributed by atoms with Crippen LogP contribution in [0.3, 0.4) is 0 Å². The highest BCUT2D eigenvalue weighted by atomic mass is 79.9. The highest BCUT2D eigenvalue weighted by Gasteiger charge is 2.37. The lowest BCUT2D eigenvalue weighted by Crippen LogP contribution is -2.14. The maximum atomic E-state index is 12.5. The van der Waals surface area contributed by atoms with E-state index in [1.54, 1.807) is 0 Å². The zero-order chi connectivity index (χ0) is 14.1. The van der Waals surface area contributed by atoms with Gasteiger partial charge < -0.3 is 5.11 Å². The Kier molecular flexibility index (Phi) is 4.25. The molecule has 0 fully saturated rings. The molecule has 0 bridgehead atoms. The Morgan fingerprint density at radius 3 is 2.39 bits per heavy atom. The Morgan fingerprint density at radius 2 is 2.00 bits per heavy atom. The number of alkyl halides is 5. The number of carbonyl (C=O) groups is 1. The van der Waals surface area contributed by atoms with E-state index in [1.807, 2.05) is 0 Å². The van der Waals surface area contributed by atoms with Gasteiger partial charge in [0.1, 0.15) is 0 Å². The molecule has 0 saturated carbocycles. The molecule has 0 radical (unpaired) electrons. The van der Waals surface area contributed by atoms with Crippen LogP contribution in [0.5, 0.6) is 0 Å². The van der Waals surface area contributed by atoms with Gasteiger partial charge in [0.15, 0.2) is 5.69 Å². The summed E-state index contributed by atoms with van der Waals surface area (Å²) in [5.74, 6) is -1.46. The third-order valence-electron chi connectivity index (χ3n) is 1.87. The van der Waals surface area contributed by atoms with Crippen LogP contribution >= 0.6 is 15.9 Å². The second-order valence-corrected chi connectivity index (χ2v) is 4.03. The van der Waals surface area contributed by atoms with Crippen molar-refractivity contribution in [2.24, 2.45) is 0 Å². The second-order valence-electron chi connectivity index (χ2n) is 3.23. The number of pyridine rings is 1. The first-order valence-corrected chi connectivity index (χ1v) is 5.18. The number of carboxylic acids is 1. The van der Waals surface area contributed by atoms with Gasteiger partial charge in [0.2, 0.25) is 0 Å². The molecule has 0 spiro atoms. The van der Waals surface area contributed by atoms with Gasteiger partial charge in [0, 0.05) is 5.56 Å². The van der Waals surface area contributed by atoms with E-state index in [0.717, 1.165) is 0 Å². The largest absolute Gasteiger partial charge is 0.481 e. The van der Waals surface area contributed by atoms with Crippen molar-refractivity contribution in [3.63, 3.8) is 0 Å². The SMILES string of the molecule is O=C(O)Cc1cc(C(F)F)c(Br)c(C(F)(F)F)n1. The van der Waals surface area contributed by atoms with Crippen molar-refractivity contribution in [3.05, 3.63) is 27.5 Å². The predicted octanol–water partition coefficient (Wildman–Crippen LogP) is 3.43. The average molecular weight is 334 g/mol. The van der Waals surface area contributed by atoms with Gasteiger partial charge in [-0.05, 0) is 22.0 Å². The first-order valence-electron chi connectivity index (χ1n) is 4.39. The van der Waals surface area contributed by atoms with Crippen molar-refractivity contribution in [3.8, 4) is 0 Å². The number of nitrogens with zero attached hydrogens (tertiary/aromatic N) is 1. The summed E-state index contributed by atoms with van der Waals surface area (Å²) in [6.45, 7) is 0. The molecule has 1 rings (SSSR count).